The van der Waals surface area contributed by atoms with Gasteiger partial charge < -0.3 is 15.6 Å². The maximum Gasteiger partial charge on any atom is 0.324 e. The highest BCUT2D eigenvalue weighted by molar-refractivity contribution is 5.75. The van der Waals surface area contributed by atoms with E-state index in [1.165, 1.54) is 13.3 Å². The van der Waals surface area contributed by atoms with Crippen molar-refractivity contribution in [3.63, 3.8) is 0 Å². The molecule has 0 aliphatic heterocycles. The van der Waals surface area contributed by atoms with E-state index >= 15 is 0 Å². The lowest BCUT2D eigenvalue weighted by Gasteiger charge is -2.16. The van der Waals surface area contributed by atoms with E-state index in [1.807, 2.05) is 0 Å². The number of unbranched alkanes of at least 4 members (excludes halogenated alkanes) is 4. The molecule has 0 aromatic carbocycles. The van der Waals surface area contributed by atoms with Crippen molar-refractivity contribution in [2.24, 2.45) is 5.73 Å². The lowest BCUT2D eigenvalue weighted by atomic mass is 10.1. The summed E-state index contributed by atoms with van der Waals surface area (Å²) < 4.78 is 4.94. The van der Waals surface area contributed by atoms with Crippen molar-refractivity contribution < 1.29 is 19.4 Å². The third-order valence-corrected chi connectivity index (χ3v) is 2.59. The Bertz CT molecular complexity index is 243. The van der Waals surface area contributed by atoms with Crippen LogP contribution in [-0.4, -0.2) is 29.2 Å². The first-order valence-electron chi connectivity index (χ1n) is 6.17. The molecule has 0 bridgehead atoms. The SMILES string of the molecule is CCCCCCCC(=O)O[C@H](C)[C@H](N)C(=O)O. The number of hydrogen-bond acceptors (Lipinski definition) is 4. The number of esters is 1. The number of nitrogens with two attached hydrogens (primary N) is 1. The molecule has 0 unspecified atom stereocenters. The Kier molecular flexibility index (Phi) is 8.40. The first-order chi connectivity index (χ1) is 7.99. The molecule has 5 heteroatoms. The summed E-state index contributed by atoms with van der Waals surface area (Å²) in [7, 11) is 0. The maximum atomic E-state index is 11.3. The van der Waals surface area contributed by atoms with Gasteiger partial charge in [-0.3, -0.25) is 9.59 Å². The fourth-order valence-electron chi connectivity index (χ4n) is 1.41. The van der Waals surface area contributed by atoms with E-state index < -0.39 is 18.1 Å². The molecule has 5 nitrogen and oxygen atoms in total. The minimum Gasteiger partial charge on any atom is -0.480 e. The van der Waals surface area contributed by atoms with Crippen LogP contribution >= 0.6 is 0 Å². The van der Waals surface area contributed by atoms with Crippen LogP contribution in [0, 0.1) is 0 Å². The summed E-state index contributed by atoms with van der Waals surface area (Å²) in [6.45, 7) is 3.62. The van der Waals surface area contributed by atoms with Gasteiger partial charge in [0.25, 0.3) is 0 Å². The number of carbonyl (C=O) groups excluding carboxylic acids is 1. The molecule has 100 valence electrons. The van der Waals surface area contributed by atoms with Gasteiger partial charge in [-0.2, -0.15) is 0 Å². The van der Waals surface area contributed by atoms with E-state index in [0.29, 0.717) is 6.42 Å². The minimum atomic E-state index is -1.16. The molecular weight excluding hydrogens is 222 g/mol. The average Bonchev–Trinajstić information content (AvgIpc) is 2.27. The fourth-order valence-corrected chi connectivity index (χ4v) is 1.41. The van der Waals surface area contributed by atoms with E-state index in [9.17, 15) is 9.59 Å². The summed E-state index contributed by atoms with van der Waals surface area (Å²) in [5.41, 5.74) is 5.33. The van der Waals surface area contributed by atoms with E-state index in [1.54, 1.807) is 0 Å². The van der Waals surface area contributed by atoms with Crippen molar-refractivity contribution in [2.45, 2.75) is 64.5 Å². The van der Waals surface area contributed by atoms with Crippen LogP contribution in [0.2, 0.25) is 0 Å². The average molecular weight is 245 g/mol. The summed E-state index contributed by atoms with van der Waals surface area (Å²) in [6.07, 6.45) is 4.80. The number of rotatable bonds is 9. The van der Waals surface area contributed by atoms with Crippen LogP contribution in [0.15, 0.2) is 0 Å². The molecule has 0 rings (SSSR count). The number of aliphatic carboxylic acids is 1. The summed E-state index contributed by atoms with van der Waals surface area (Å²) in [4.78, 5) is 21.9. The third kappa shape index (κ3) is 7.74. The Hall–Kier alpha value is -1.10. The van der Waals surface area contributed by atoms with Crippen LogP contribution in [0.5, 0.6) is 0 Å². The van der Waals surface area contributed by atoms with Crippen LogP contribution in [0.4, 0.5) is 0 Å². The van der Waals surface area contributed by atoms with Gasteiger partial charge in [-0.25, -0.2) is 0 Å². The number of carbonyl (C=O) groups is 2. The molecule has 17 heavy (non-hydrogen) atoms. The van der Waals surface area contributed by atoms with E-state index in [0.717, 1.165) is 25.7 Å². The molecule has 0 amide bonds. The predicted molar refractivity (Wildman–Crippen MR) is 64.5 cm³/mol. The maximum absolute atomic E-state index is 11.3. The molecular formula is C12H23NO4. The standard InChI is InChI=1S/C12H23NO4/c1-3-4-5-6-7-8-10(14)17-9(2)11(13)12(15)16/h9,11H,3-8,13H2,1-2H3,(H,15,16)/t9-,11+/m1/s1. The second kappa shape index (κ2) is 8.98. The van der Waals surface area contributed by atoms with Gasteiger partial charge in [0.1, 0.15) is 12.1 Å². The molecule has 0 fully saturated rings. The lowest BCUT2D eigenvalue weighted by molar-refractivity contribution is -0.153. The van der Waals surface area contributed by atoms with Gasteiger partial charge in [0, 0.05) is 6.42 Å². The first-order valence-corrected chi connectivity index (χ1v) is 6.17. The quantitative estimate of drug-likeness (QED) is 0.476. The van der Waals surface area contributed by atoms with Gasteiger partial charge in [0.15, 0.2) is 0 Å². The monoisotopic (exact) mass is 245 g/mol. The van der Waals surface area contributed by atoms with Gasteiger partial charge in [0.2, 0.25) is 0 Å². The molecule has 0 saturated heterocycles. The van der Waals surface area contributed by atoms with Gasteiger partial charge in [-0.15, -0.1) is 0 Å². The molecule has 0 aromatic rings. The van der Waals surface area contributed by atoms with Crippen molar-refractivity contribution in [1.82, 2.24) is 0 Å². The van der Waals surface area contributed by atoms with Crippen molar-refractivity contribution in [3.05, 3.63) is 0 Å². The molecule has 0 heterocycles. The van der Waals surface area contributed by atoms with Gasteiger partial charge in [-0.05, 0) is 13.3 Å². The summed E-state index contributed by atoms with van der Waals surface area (Å²) in [5.74, 6) is -1.53. The highest BCUT2D eigenvalue weighted by Crippen LogP contribution is 2.07. The topological polar surface area (TPSA) is 89.6 Å². The molecule has 0 saturated carbocycles. The number of carboxylic acids is 1. The lowest BCUT2D eigenvalue weighted by Crippen LogP contribution is -2.42. The van der Waals surface area contributed by atoms with Crippen LogP contribution in [0.25, 0.3) is 0 Å². The van der Waals surface area contributed by atoms with E-state index in [4.69, 9.17) is 15.6 Å². The Labute approximate surface area is 102 Å². The zero-order valence-corrected chi connectivity index (χ0v) is 10.6. The summed E-state index contributed by atoms with van der Waals surface area (Å²) >= 11 is 0. The third-order valence-electron chi connectivity index (χ3n) is 2.59. The van der Waals surface area contributed by atoms with Gasteiger partial charge >= 0.3 is 11.9 Å². The number of ether oxygens (including phenoxy) is 1. The number of carboxylic acid groups (broad SMARTS) is 1. The Morgan fingerprint density at radius 2 is 1.82 bits per heavy atom. The predicted octanol–water partition coefficient (Wildman–Crippen LogP) is 1.69. The molecule has 0 aliphatic carbocycles. The summed E-state index contributed by atoms with van der Waals surface area (Å²) in [5, 5.41) is 8.62. The molecule has 0 spiro atoms. The van der Waals surface area contributed by atoms with Crippen LogP contribution in [-0.2, 0) is 14.3 Å². The molecule has 2 atom stereocenters. The molecule has 3 N–H and O–H groups in total. The second-order valence-corrected chi connectivity index (χ2v) is 4.22. The highest BCUT2D eigenvalue weighted by atomic mass is 16.5. The minimum absolute atomic E-state index is 0.334. The smallest absolute Gasteiger partial charge is 0.324 e. The van der Waals surface area contributed by atoms with Crippen LogP contribution in [0.1, 0.15) is 52.4 Å². The van der Waals surface area contributed by atoms with Crippen LogP contribution < -0.4 is 5.73 Å². The molecule has 0 aromatic heterocycles. The van der Waals surface area contributed by atoms with Gasteiger partial charge in [-0.1, -0.05) is 32.6 Å². The zero-order valence-electron chi connectivity index (χ0n) is 10.6. The van der Waals surface area contributed by atoms with Gasteiger partial charge in [0.05, 0.1) is 0 Å². The Morgan fingerprint density at radius 3 is 2.35 bits per heavy atom. The van der Waals surface area contributed by atoms with Crippen molar-refractivity contribution in [2.75, 3.05) is 0 Å². The zero-order chi connectivity index (χ0) is 13.3. The van der Waals surface area contributed by atoms with Crippen molar-refractivity contribution in [1.29, 1.82) is 0 Å². The second-order valence-electron chi connectivity index (χ2n) is 4.22. The van der Waals surface area contributed by atoms with Crippen LogP contribution in [0.3, 0.4) is 0 Å². The van der Waals surface area contributed by atoms with Crippen molar-refractivity contribution >= 4 is 11.9 Å². The highest BCUT2D eigenvalue weighted by Gasteiger charge is 2.23. The number of hydrogen-bond donors (Lipinski definition) is 2. The first kappa shape index (κ1) is 15.9. The van der Waals surface area contributed by atoms with E-state index in [2.05, 4.69) is 6.92 Å². The Balaban J connectivity index is 3.67. The Morgan fingerprint density at radius 1 is 1.24 bits per heavy atom. The largest absolute Gasteiger partial charge is 0.480 e. The molecule has 0 aliphatic rings. The fraction of sp³-hybridized carbons (Fsp3) is 0.833. The van der Waals surface area contributed by atoms with E-state index in [-0.39, 0.29) is 5.97 Å². The molecule has 0 radical (unpaired) electrons. The summed E-state index contributed by atoms with van der Waals surface area (Å²) in [6, 6.07) is -1.15. The normalized spacial score (nSPS) is 14.1. The van der Waals surface area contributed by atoms with Crippen molar-refractivity contribution in [3.8, 4) is 0 Å².